The maximum atomic E-state index is 11.8. The molecule has 0 amide bonds. The summed E-state index contributed by atoms with van der Waals surface area (Å²) in [6.07, 6.45) is 1.59. The molecule has 2 N–H and O–H groups in total. The summed E-state index contributed by atoms with van der Waals surface area (Å²) in [5.74, 6) is -1.86. The van der Waals surface area contributed by atoms with Crippen LogP contribution in [0.25, 0.3) is 0 Å². The summed E-state index contributed by atoms with van der Waals surface area (Å²) in [6.45, 7) is 3.73. The van der Waals surface area contributed by atoms with E-state index in [2.05, 4.69) is 0 Å². The Morgan fingerprint density at radius 3 is 2.24 bits per heavy atom. The quantitative estimate of drug-likeness (QED) is 0.770. The molecule has 0 atom stereocenters. The molecule has 0 saturated heterocycles. The summed E-state index contributed by atoms with van der Waals surface area (Å²) in [6, 6.07) is 2.97. The van der Waals surface area contributed by atoms with E-state index in [9.17, 15) is 14.7 Å². The fourth-order valence-electron chi connectivity index (χ4n) is 1.64. The van der Waals surface area contributed by atoms with Crippen LogP contribution in [-0.4, -0.2) is 22.0 Å². The SMILES string of the molecule is CCCC(=O)c1cc(CC)cc(C(=O)O)c1O. The Labute approximate surface area is 99.9 Å². The minimum atomic E-state index is -1.22. The normalized spacial score (nSPS) is 10.2. The molecule has 1 rings (SSSR count). The molecular weight excluding hydrogens is 220 g/mol. The smallest absolute Gasteiger partial charge is 0.339 e. The van der Waals surface area contributed by atoms with Crippen LogP contribution in [-0.2, 0) is 6.42 Å². The van der Waals surface area contributed by atoms with Crippen molar-refractivity contribution >= 4 is 11.8 Å². The molecule has 1 aromatic rings. The summed E-state index contributed by atoms with van der Waals surface area (Å²) in [5, 5.41) is 18.7. The first-order chi connectivity index (χ1) is 8.01. The topological polar surface area (TPSA) is 74.6 Å². The van der Waals surface area contributed by atoms with Crippen LogP contribution >= 0.6 is 0 Å². The number of carbonyl (C=O) groups is 2. The summed E-state index contributed by atoms with van der Waals surface area (Å²) in [5.41, 5.74) is 0.645. The lowest BCUT2D eigenvalue weighted by atomic mass is 9.98. The van der Waals surface area contributed by atoms with Gasteiger partial charge in [-0.1, -0.05) is 13.8 Å². The number of phenols is 1. The number of aromatic carboxylic acids is 1. The molecule has 0 aliphatic carbocycles. The van der Waals surface area contributed by atoms with Crippen molar-refractivity contribution in [3.05, 3.63) is 28.8 Å². The average Bonchev–Trinajstić information content (AvgIpc) is 2.29. The first-order valence-corrected chi connectivity index (χ1v) is 5.63. The zero-order valence-electron chi connectivity index (χ0n) is 9.99. The molecule has 0 radical (unpaired) electrons. The van der Waals surface area contributed by atoms with Gasteiger partial charge in [0.2, 0.25) is 0 Å². The van der Waals surface area contributed by atoms with Crippen LogP contribution in [0.4, 0.5) is 0 Å². The van der Waals surface area contributed by atoms with Crippen LogP contribution in [0, 0.1) is 0 Å². The monoisotopic (exact) mass is 236 g/mol. The van der Waals surface area contributed by atoms with E-state index in [0.717, 1.165) is 5.56 Å². The lowest BCUT2D eigenvalue weighted by Crippen LogP contribution is -2.06. The second-order valence-corrected chi connectivity index (χ2v) is 3.87. The van der Waals surface area contributed by atoms with Crippen molar-refractivity contribution in [3.8, 4) is 5.75 Å². The Balaban J connectivity index is 3.33. The Hall–Kier alpha value is -1.84. The van der Waals surface area contributed by atoms with Gasteiger partial charge >= 0.3 is 5.97 Å². The second-order valence-electron chi connectivity index (χ2n) is 3.87. The zero-order valence-corrected chi connectivity index (χ0v) is 9.99. The van der Waals surface area contributed by atoms with E-state index in [0.29, 0.717) is 19.3 Å². The maximum absolute atomic E-state index is 11.8. The third-order valence-electron chi connectivity index (χ3n) is 2.59. The van der Waals surface area contributed by atoms with Crippen molar-refractivity contribution < 1.29 is 19.8 Å². The number of ketones is 1. The molecule has 0 aliphatic rings. The number of carbonyl (C=O) groups excluding carboxylic acids is 1. The number of carboxylic acid groups (broad SMARTS) is 1. The largest absolute Gasteiger partial charge is 0.506 e. The lowest BCUT2D eigenvalue weighted by molar-refractivity contribution is 0.0693. The number of benzene rings is 1. The van der Waals surface area contributed by atoms with Gasteiger partial charge in [-0.2, -0.15) is 0 Å². The van der Waals surface area contributed by atoms with Crippen molar-refractivity contribution in [1.29, 1.82) is 0 Å². The Morgan fingerprint density at radius 1 is 1.18 bits per heavy atom. The second kappa shape index (κ2) is 5.48. The molecule has 0 unspecified atom stereocenters. The van der Waals surface area contributed by atoms with Gasteiger partial charge in [-0.3, -0.25) is 4.79 Å². The Kier molecular flexibility index (Phi) is 4.26. The molecule has 0 heterocycles. The molecule has 4 heteroatoms. The molecule has 1 aromatic carbocycles. The van der Waals surface area contributed by atoms with Gasteiger partial charge in [0.05, 0.1) is 5.56 Å². The van der Waals surface area contributed by atoms with E-state index in [-0.39, 0.29) is 16.9 Å². The van der Waals surface area contributed by atoms with Crippen LogP contribution in [0.15, 0.2) is 12.1 Å². The zero-order chi connectivity index (χ0) is 13.0. The molecule has 0 aliphatic heterocycles. The molecule has 0 bridgehead atoms. The maximum Gasteiger partial charge on any atom is 0.339 e. The number of Topliss-reactive ketones (excluding diaryl/α,β-unsaturated/α-hetero) is 1. The van der Waals surface area contributed by atoms with Crippen LogP contribution in [0.5, 0.6) is 5.75 Å². The van der Waals surface area contributed by atoms with Crippen molar-refractivity contribution in [2.75, 3.05) is 0 Å². The predicted octanol–water partition coefficient (Wildman–Crippen LogP) is 2.64. The summed E-state index contributed by atoms with van der Waals surface area (Å²) in [7, 11) is 0. The van der Waals surface area contributed by atoms with Gasteiger partial charge in [-0.05, 0) is 30.5 Å². The number of hydrogen-bond donors (Lipinski definition) is 2. The lowest BCUT2D eigenvalue weighted by Gasteiger charge is -2.09. The number of aryl methyl sites for hydroxylation is 1. The Bertz CT molecular complexity index is 449. The fourth-order valence-corrected chi connectivity index (χ4v) is 1.64. The highest BCUT2D eigenvalue weighted by Crippen LogP contribution is 2.26. The number of aromatic hydroxyl groups is 1. The highest BCUT2D eigenvalue weighted by Gasteiger charge is 2.19. The Morgan fingerprint density at radius 2 is 1.76 bits per heavy atom. The van der Waals surface area contributed by atoms with E-state index in [1.807, 2.05) is 13.8 Å². The van der Waals surface area contributed by atoms with Crippen LogP contribution in [0.2, 0.25) is 0 Å². The van der Waals surface area contributed by atoms with Crippen LogP contribution in [0.1, 0.15) is 53.0 Å². The van der Waals surface area contributed by atoms with E-state index in [1.165, 1.54) is 6.07 Å². The fraction of sp³-hybridized carbons (Fsp3) is 0.385. The van der Waals surface area contributed by atoms with Gasteiger partial charge in [-0.15, -0.1) is 0 Å². The van der Waals surface area contributed by atoms with Crippen molar-refractivity contribution in [2.24, 2.45) is 0 Å². The van der Waals surface area contributed by atoms with Crippen molar-refractivity contribution in [2.45, 2.75) is 33.1 Å². The summed E-state index contributed by atoms with van der Waals surface area (Å²) >= 11 is 0. The number of carboxylic acids is 1. The van der Waals surface area contributed by atoms with Gasteiger partial charge in [0.1, 0.15) is 11.3 Å². The molecule has 0 saturated carbocycles. The standard InChI is InChI=1S/C13H16O4/c1-3-5-11(14)9-6-8(4-2)7-10(12(9)15)13(16)17/h6-7,15H,3-5H2,1-2H3,(H,16,17). The van der Waals surface area contributed by atoms with Crippen LogP contribution < -0.4 is 0 Å². The highest BCUT2D eigenvalue weighted by atomic mass is 16.4. The van der Waals surface area contributed by atoms with Gasteiger partial charge in [0.25, 0.3) is 0 Å². The minimum Gasteiger partial charge on any atom is -0.506 e. The van der Waals surface area contributed by atoms with E-state index < -0.39 is 11.7 Å². The van der Waals surface area contributed by atoms with Crippen molar-refractivity contribution in [1.82, 2.24) is 0 Å². The minimum absolute atomic E-state index is 0.114. The predicted molar refractivity (Wildman–Crippen MR) is 63.7 cm³/mol. The third-order valence-corrected chi connectivity index (χ3v) is 2.59. The van der Waals surface area contributed by atoms with E-state index >= 15 is 0 Å². The van der Waals surface area contributed by atoms with Gasteiger partial charge in [-0.25, -0.2) is 4.79 Å². The molecule has 0 spiro atoms. The molecule has 92 valence electrons. The number of rotatable bonds is 5. The third kappa shape index (κ3) is 2.84. The molecule has 0 fully saturated rings. The van der Waals surface area contributed by atoms with E-state index in [1.54, 1.807) is 6.07 Å². The van der Waals surface area contributed by atoms with Crippen LogP contribution in [0.3, 0.4) is 0 Å². The molecule has 4 nitrogen and oxygen atoms in total. The van der Waals surface area contributed by atoms with Gasteiger partial charge < -0.3 is 10.2 Å². The molecule has 17 heavy (non-hydrogen) atoms. The number of hydrogen-bond acceptors (Lipinski definition) is 3. The van der Waals surface area contributed by atoms with Gasteiger partial charge in [0.15, 0.2) is 5.78 Å². The first kappa shape index (κ1) is 13.2. The molecular formula is C13H16O4. The first-order valence-electron chi connectivity index (χ1n) is 5.63. The van der Waals surface area contributed by atoms with Crippen molar-refractivity contribution in [3.63, 3.8) is 0 Å². The van der Waals surface area contributed by atoms with Gasteiger partial charge in [0, 0.05) is 6.42 Å². The summed E-state index contributed by atoms with van der Waals surface area (Å²) < 4.78 is 0. The average molecular weight is 236 g/mol. The molecule has 0 aromatic heterocycles. The highest BCUT2D eigenvalue weighted by molar-refractivity contribution is 6.03. The summed E-state index contributed by atoms with van der Waals surface area (Å²) in [4.78, 5) is 22.7. The van der Waals surface area contributed by atoms with E-state index in [4.69, 9.17) is 5.11 Å².